The Hall–Kier alpha value is -2.30. The third kappa shape index (κ3) is 3.17. The maximum Gasteiger partial charge on any atom is 0.454 e. The van der Waals surface area contributed by atoms with Crippen LogP contribution in [-0.2, 0) is 4.79 Å². The average Bonchev–Trinajstić information content (AvgIpc) is 2.38. The zero-order valence-electron chi connectivity index (χ0n) is 10.7. The zero-order chi connectivity index (χ0) is 14.8. The molecule has 1 N–H and O–H groups in total. The number of alkyl halides is 3. The van der Waals surface area contributed by atoms with Crippen LogP contribution in [0.3, 0.4) is 0 Å². The van der Waals surface area contributed by atoms with Gasteiger partial charge in [0, 0.05) is 22.8 Å². The van der Waals surface area contributed by atoms with E-state index in [0.29, 0.717) is 11.8 Å². The number of fused-ring (bicyclic) bond motifs is 1. The predicted molar refractivity (Wildman–Crippen MR) is 72.4 cm³/mol. The third-order valence-electron chi connectivity index (χ3n) is 2.75. The van der Waals surface area contributed by atoms with E-state index < -0.39 is 12.0 Å². The van der Waals surface area contributed by atoms with Crippen LogP contribution >= 0.6 is 0 Å². The van der Waals surface area contributed by atoms with Crippen LogP contribution in [0.1, 0.15) is 6.92 Å². The number of nitrogens with one attached hydrogen (secondary N) is 1. The smallest absolute Gasteiger partial charge is 0.359 e. The summed E-state index contributed by atoms with van der Waals surface area (Å²) in [5.74, 6) is -1.87. The van der Waals surface area contributed by atoms with Gasteiger partial charge in [-0.1, -0.05) is 36.4 Å². The van der Waals surface area contributed by atoms with E-state index in [1.54, 1.807) is 12.1 Å². The summed E-state index contributed by atoms with van der Waals surface area (Å²) >= 11 is 0. The van der Waals surface area contributed by atoms with Crippen molar-refractivity contribution in [2.24, 2.45) is 0 Å². The lowest BCUT2D eigenvalue weighted by Gasteiger charge is -2.10. The molecule has 20 heavy (non-hydrogen) atoms. The zero-order valence-corrected chi connectivity index (χ0v) is 10.7. The Kier molecular flexibility index (Phi) is 3.79. The van der Waals surface area contributed by atoms with Crippen molar-refractivity contribution in [3.63, 3.8) is 0 Å². The molecule has 2 nitrogen and oxygen atoms in total. The monoisotopic (exact) mass is 279 g/mol. The summed E-state index contributed by atoms with van der Waals surface area (Å²) in [5, 5.41) is 4.67. The van der Waals surface area contributed by atoms with Crippen LogP contribution in [0, 0.1) is 0 Å². The fraction of sp³-hybridized carbons (Fsp3) is 0.133. The predicted octanol–water partition coefficient (Wildman–Crippen LogP) is 4.29. The molecule has 0 aliphatic carbocycles. The first kappa shape index (κ1) is 14.1. The largest absolute Gasteiger partial charge is 0.454 e. The Balaban J connectivity index is 2.29. The minimum Gasteiger partial charge on any atom is -0.359 e. The molecule has 0 atom stereocenters. The SMILES string of the molecule is C/C(=C\C(=O)C(F)(F)F)Nc1cccc2ccccc12. The fourth-order valence-corrected chi connectivity index (χ4v) is 1.86. The molecule has 0 unspecified atom stereocenters. The lowest BCUT2D eigenvalue weighted by Crippen LogP contribution is -2.21. The van der Waals surface area contributed by atoms with Crippen molar-refractivity contribution in [1.82, 2.24) is 0 Å². The number of hydrogen-bond acceptors (Lipinski definition) is 2. The lowest BCUT2D eigenvalue weighted by atomic mass is 10.1. The van der Waals surface area contributed by atoms with Gasteiger partial charge in [-0.2, -0.15) is 13.2 Å². The quantitative estimate of drug-likeness (QED) is 0.849. The Labute approximate surface area is 113 Å². The number of ketones is 1. The van der Waals surface area contributed by atoms with Crippen LogP contribution in [0.25, 0.3) is 10.8 Å². The number of anilines is 1. The molecular weight excluding hydrogens is 267 g/mol. The molecule has 0 bridgehead atoms. The van der Waals surface area contributed by atoms with Crippen molar-refractivity contribution in [2.45, 2.75) is 13.1 Å². The molecule has 2 aromatic carbocycles. The van der Waals surface area contributed by atoms with Crippen molar-refractivity contribution >= 4 is 22.2 Å². The Bertz CT molecular complexity index is 669. The van der Waals surface area contributed by atoms with E-state index in [1.165, 1.54) is 6.92 Å². The van der Waals surface area contributed by atoms with Crippen LogP contribution in [0.2, 0.25) is 0 Å². The number of rotatable bonds is 3. The second-order valence-electron chi connectivity index (χ2n) is 4.34. The van der Waals surface area contributed by atoms with Gasteiger partial charge in [-0.3, -0.25) is 4.79 Å². The Morgan fingerprint density at radius 2 is 1.75 bits per heavy atom. The third-order valence-corrected chi connectivity index (χ3v) is 2.75. The van der Waals surface area contributed by atoms with Crippen LogP contribution in [0.4, 0.5) is 18.9 Å². The minimum atomic E-state index is -4.85. The first-order valence-electron chi connectivity index (χ1n) is 5.92. The molecule has 0 aliphatic rings. The van der Waals surface area contributed by atoms with E-state index in [2.05, 4.69) is 5.32 Å². The molecule has 0 aliphatic heterocycles. The molecule has 0 spiro atoms. The first-order valence-corrected chi connectivity index (χ1v) is 5.92. The van der Waals surface area contributed by atoms with E-state index in [-0.39, 0.29) is 5.70 Å². The molecule has 0 saturated heterocycles. The second kappa shape index (κ2) is 5.36. The van der Waals surface area contributed by atoms with Gasteiger partial charge in [0.1, 0.15) is 0 Å². The van der Waals surface area contributed by atoms with Crippen molar-refractivity contribution < 1.29 is 18.0 Å². The molecule has 2 aromatic rings. The Morgan fingerprint density at radius 3 is 2.45 bits per heavy atom. The molecule has 0 amide bonds. The highest BCUT2D eigenvalue weighted by Crippen LogP contribution is 2.24. The summed E-state index contributed by atoms with van der Waals surface area (Å²) in [4.78, 5) is 10.9. The number of allylic oxidation sites excluding steroid dienone is 2. The van der Waals surface area contributed by atoms with Crippen LogP contribution < -0.4 is 5.32 Å². The highest BCUT2D eigenvalue weighted by atomic mass is 19.4. The first-order chi connectivity index (χ1) is 9.38. The number of carbonyl (C=O) groups excluding carboxylic acids is 1. The van der Waals surface area contributed by atoms with Gasteiger partial charge in [0.05, 0.1) is 0 Å². The van der Waals surface area contributed by atoms with Crippen molar-refractivity contribution in [3.8, 4) is 0 Å². The minimum absolute atomic E-state index is 0.142. The van der Waals surface area contributed by atoms with Gasteiger partial charge < -0.3 is 5.32 Å². The van der Waals surface area contributed by atoms with E-state index >= 15 is 0 Å². The van der Waals surface area contributed by atoms with E-state index in [9.17, 15) is 18.0 Å². The topological polar surface area (TPSA) is 29.1 Å². The van der Waals surface area contributed by atoms with E-state index in [4.69, 9.17) is 0 Å². The maximum atomic E-state index is 12.2. The molecular formula is C15H12F3NO. The molecule has 0 aromatic heterocycles. The summed E-state index contributed by atoms with van der Waals surface area (Å²) in [7, 11) is 0. The van der Waals surface area contributed by atoms with Crippen molar-refractivity contribution in [1.29, 1.82) is 0 Å². The number of halogens is 3. The van der Waals surface area contributed by atoms with Gasteiger partial charge in [0.15, 0.2) is 0 Å². The van der Waals surface area contributed by atoms with Gasteiger partial charge in [-0.25, -0.2) is 0 Å². The molecule has 0 saturated carbocycles. The summed E-state index contributed by atoms with van der Waals surface area (Å²) in [6.07, 6.45) is -4.29. The molecule has 104 valence electrons. The fourth-order valence-electron chi connectivity index (χ4n) is 1.86. The molecule has 5 heteroatoms. The number of carbonyl (C=O) groups is 1. The van der Waals surface area contributed by atoms with E-state index in [1.807, 2.05) is 30.3 Å². The van der Waals surface area contributed by atoms with Crippen LogP contribution in [0.5, 0.6) is 0 Å². The average molecular weight is 279 g/mol. The summed E-state index contributed by atoms with van der Waals surface area (Å²) in [5.41, 5.74) is 0.801. The lowest BCUT2D eigenvalue weighted by molar-refractivity contribution is -0.165. The highest BCUT2D eigenvalue weighted by Gasteiger charge is 2.36. The number of benzene rings is 2. The summed E-state index contributed by atoms with van der Waals surface area (Å²) in [6.45, 7) is 1.42. The highest BCUT2D eigenvalue weighted by molar-refractivity contribution is 5.97. The normalized spacial score (nSPS) is 12.5. The molecule has 0 heterocycles. The van der Waals surface area contributed by atoms with Crippen molar-refractivity contribution in [3.05, 3.63) is 54.2 Å². The summed E-state index contributed by atoms with van der Waals surface area (Å²) < 4.78 is 36.5. The van der Waals surface area contributed by atoms with Gasteiger partial charge in [0.25, 0.3) is 5.78 Å². The second-order valence-corrected chi connectivity index (χ2v) is 4.34. The molecule has 2 rings (SSSR count). The molecule has 0 radical (unpaired) electrons. The van der Waals surface area contributed by atoms with Crippen LogP contribution in [-0.4, -0.2) is 12.0 Å². The van der Waals surface area contributed by atoms with Crippen LogP contribution in [0.15, 0.2) is 54.2 Å². The van der Waals surface area contributed by atoms with E-state index in [0.717, 1.165) is 10.8 Å². The summed E-state index contributed by atoms with van der Waals surface area (Å²) in [6, 6.07) is 12.9. The number of hydrogen-bond donors (Lipinski definition) is 1. The van der Waals surface area contributed by atoms with Gasteiger partial charge >= 0.3 is 6.18 Å². The van der Waals surface area contributed by atoms with Crippen molar-refractivity contribution in [2.75, 3.05) is 5.32 Å². The Morgan fingerprint density at radius 1 is 1.10 bits per heavy atom. The van der Waals surface area contributed by atoms with Gasteiger partial charge in [-0.05, 0) is 18.4 Å². The van der Waals surface area contributed by atoms with Gasteiger partial charge in [-0.15, -0.1) is 0 Å². The standard InChI is InChI=1S/C15H12F3NO/c1-10(9-14(20)15(16,17)18)19-13-8-4-6-11-5-2-3-7-12(11)13/h2-9,19H,1H3/b10-9+. The molecule has 0 fully saturated rings. The van der Waals surface area contributed by atoms with Gasteiger partial charge in [0.2, 0.25) is 0 Å². The maximum absolute atomic E-state index is 12.2.